The fourth-order valence-corrected chi connectivity index (χ4v) is 2.64. The first-order chi connectivity index (χ1) is 14.0. The van der Waals surface area contributed by atoms with Crippen LogP contribution in [0.5, 0.6) is 17.2 Å². The Hall–Kier alpha value is -2.30. The third-order valence-corrected chi connectivity index (χ3v) is 4.07. The highest BCUT2D eigenvalue weighted by atomic mass is 127. The van der Waals surface area contributed by atoms with Gasteiger partial charge in [-0.2, -0.15) is 8.78 Å². The quantitative estimate of drug-likeness (QED) is 0.271. The van der Waals surface area contributed by atoms with Gasteiger partial charge in [0, 0.05) is 13.1 Å². The van der Waals surface area contributed by atoms with Crippen LogP contribution in [0.3, 0.4) is 0 Å². The van der Waals surface area contributed by atoms with Gasteiger partial charge in [-0.05, 0) is 48.7 Å². The van der Waals surface area contributed by atoms with Crippen LogP contribution in [-0.4, -0.2) is 39.9 Å². The molecule has 2 aromatic carbocycles. The van der Waals surface area contributed by atoms with Gasteiger partial charge in [0.15, 0.2) is 17.5 Å². The van der Waals surface area contributed by atoms with E-state index in [9.17, 15) is 8.78 Å². The smallest absolute Gasteiger partial charge is 0.387 e. The Kier molecular flexibility index (Phi) is 11.9. The number of methoxy groups -OCH3 is 2. The minimum absolute atomic E-state index is 0. The maximum absolute atomic E-state index is 12.6. The molecule has 0 aliphatic heterocycles. The zero-order valence-corrected chi connectivity index (χ0v) is 19.6. The molecule has 0 atom stereocenters. The lowest BCUT2D eigenvalue weighted by atomic mass is 10.1. The van der Waals surface area contributed by atoms with Gasteiger partial charge in [-0.3, -0.25) is 0 Å². The molecule has 0 aliphatic carbocycles. The molecule has 0 aliphatic rings. The highest BCUT2D eigenvalue weighted by Gasteiger charge is 2.11. The van der Waals surface area contributed by atoms with Gasteiger partial charge in [0.2, 0.25) is 0 Å². The average molecular weight is 535 g/mol. The van der Waals surface area contributed by atoms with E-state index in [0.717, 1.165) is 17.7 Å². The number of nitrogens with zero attached hydrogens (tertiary/aromatic N) is 1. The molecule has 0 heterocycles. The molecule has 0 spiro atoms. The van der Waals surface area contributed by atoms with Crippen LogP contribution in [0.2, 0.25) is 0 Å². The van der Waals surface area contributed by atoms with Gasteiger partial charge in [0.25, 0.3) is 0 Å². The van der Waals surface area contributed by atoms with Crippen LogP contribution in [0.15, 0.2) is 47.5 Å². The summed E-state index contributed by atoms with van der Waals surface area (Å²) in [5, 5.41) is 6.44. The van der Waals surface area contributed by atoms with E-state index in [1.54, 1.807) is 19.2 Å². The summed E-state index contributed by atoms with van der Waals surface area (Å²) >= 11 is 0. The molecule has 0 fully saturated rings. The van der Waals surface area contributed by atoms with Crippen molar-refractivity contribution in [3.05, 3.63) is 53.6 Å². The molecule has 2 rings (SSSR count). The Balaban J connectivity index is 0.00000450. The van der Waals surface area contributed by atoms with E-state index in [2.05, 4.69) is 20.4 Å². The van der Waals surface area contributed by atoms with Crippen molar-refractivity contribution in [1.29, 1.82) is 0 Å². The summed E-state index contributed by atoms with van der Waals surface area (Å²) < 4.78 is 39.9. The summed E-state index contributed by atoms with van der Waals surface area (Å²) in [7, 11) is 3.04. The lowest BCUT2D eigenvalue weighted by Gasteiger charge is -2.13. The van der Waals surface area contributed by atoms with E-state index in [1.807, 2.05) is 31.2 Å². The number of halogens is 3. The Morgan fingerprint density at radius 1 is 0.967 bits per heavy atom. The van der Waals surface area contributed by atoms with E-state index >= 15 is 0 Å². The second-order valence-electron chi connectivity index (χ2n) is 6.08. The number of rotatable bonds is 10. The maximum atomic E-state index is 12.6. The SMILES string of the molecule is CCNC(=NCc1ccc(OC)c(OC(F)F)c1)NCCc1ccc(OC)cc1.I. The molecular formula is C21H28F2IN3O3. The van der Waals surface area contributed by atoms with Crippen molar-refractivity contribution in [3.63, 3.8) is 0 Å². The van der Waals surface area contributed by atoms with E-state index in [1.165, 1.54) is 18.7 Å². The van der Waals surface area contributed by atoms with Crippen LogP contribution >= 0.6 is 24.0 Å². The number of nitrogens with one attached hydrogen (secondary N) is 2. The van der Waals surface area contributed by atoms with Gasteiger partial charge in [-0.15, -0.1) is 24.0 Å². The molecular weight excluding hydrogens is 507 g/mol. The first kappa shape index (κ1) is 25.7. The monoisotopic (exact) mass is 535 g/mol. The van der Waals surface area contributed by atoms with Gasteiger partial charge in [0.05, 0.1) is 20.8 Å². The molecule has 2 aromatic rings. The number of hydrogen-bond donors (Lipinski definition) is 2. The first-order valence-electron chi connectivity index (χ1n) is 9.32. The third-order valence-electron chi connectivity index (χ3n) is 4.07. The predicted octanol–water partition coefficient (Wildman–Crippen LogP) is 4.22. The van der Waals surface area contributed by atoms with Crippen molar-refractivity contribution in [2.75, 3.05) is 27.3 Å². The Labute approximate surface area is 193 Å². The summed E-state index contributed by atoms with van der Waals surface area (Å²) in [4.78, 5) is 4.51. The van der Waals surface area contributed by atoms with Gasteiger partial charge < -0.3 is 24.8 Å². The van der Waals surface area contributed by atoms with Crippen LogP contribution in [0, 0.1) is 0 Å². The maximum Gasteiger partial charge on any atom is 0.387 e. The minimum atomic E-state index is -2.92. The molecule has 30 heavy (non-hydrogen) atoms. The van der Waals surface area contributed by atoms with Crippen molar-refractivity contribution < 1.29 is 23.0 Å². The van der Waals surface area contributed by atoms with Crippen LogP contribution in [-0.2, 0) is 13.0 Å². The van der Waals surface area contributed by atoms with Gasteiger partial charge >= 0.3 is 6.61 Å². The van der Waals surface area contributed by atoms with Gasteiger partial charge in [-0.25, -0.2) is 4.99 Å². The van der Waals surface area contributed by atoms with Crippen LogP contribution in [0.4, 0.5) is 8.78 Å². The van der Waals surface area contributed by atoms with Crippen molar-refractivity contribution in [2.45, 2.75) is 26.5 Å². The molecule has 166 valence electrons. The standard InChI is InChI=1S/C21H27F2N3O3.HI/c1-4-24-21(25-12-11-15-5-8-17(27-2)9-6-15)26-14-16-7-10-18(28-3)19(13-16)29-20(22)23;/h5-10,13,20H,4,11-12,14H2,1-3H3,(H2,24,25,26);1H. The number of benzene rings is 2. The summed E-state index contributed by atoms with van der Waals surface area (Å²) in [5.41, 5.74) is 1.91. The second kappa shape index (κ2) is 13.8. The summed E-state index contributed by atoms with van der Waals surface area (Å²) in [5.74, 6) is 1.72. The molecule has 2 N–H and O–H groups in total. The molecule has 9 heteroatoms. The molecule has 0 aromatic heterocycles. The topological polar surface area (TPSA) is 64.1 Å². The van der Waals surface area contributed by atoms with Gasteiger partial charge in [0.1, 0.15) is 5.75 Å². The zero-order chi connectivity index (χ0) is 21.1. The van der Waals surface area contributed by atoms with Crippen molar-refractivity contribution in [3.8, 4) is 17.2 Å². The Morgan fingerprint density at radius 3 is 2.27 bits per heavy atom. The normalized spacial score (nSPS) is 10.9. The molecule has 6 nitrogen and oxygen atoms in total. The lowest BCUT2D eigenvalue weighted by molar-refractivity contribution is -0.0512. The fraction of sp³-hybridized carbons (Fsp3) is 0.381. The number of ether oxygens (including phenoxy) is 3. The summed E-state index contributed by atoms with van der Waals surface area (Å²) in [6, 6.07) is 12.8. The third kappa shape index (κ3) is 8.60. The zero-order valence-electron chi connectivity index (χ0n) is 17.3. The largest absolute Gasteiger partial charge is 0.497 e. The number of hydrogen-bond acceptors (Lipinski definition) is 4. The van der Waals surface area contributed by atoms with E-state index in [0.29, 0.717) is 25.6 Å². The highest BCUT2D eigenvalue weighted by molar-refractivity contribution is 14.0. The van der Waals surface area contributed by atoms with E-state index < -0.39 is 6.61 Å². The van der Waals surface area contributed by atoms with E-state index in [4.69, 9.17) is 9.47 Å². The minimum Gasteiger partial charge on any atom is -0.497 e. The number of guanidine groups is 1. The fourth-order valence-electron chi connectivity index (χ4n) is 2.64. The lowest BCUT2D eigenvalue weighted by Crippen LogP contribution is -2.38. The van der Waals surface area contributed by atoms with Crippen LogP contribution in [0.1, 0.15) is 18.1 Å². The van der Waals surface area contributed by atoms with Gasteiger partial charge in [-0.1, -0.05) is 18.2 Å². The van der Waals surface area contributed by atoms with Crippen molar-refractivity contribution in [1.82, 2.24) is 10.6 Å². The van der Waals surface area contributed by atoms with Crippen molar-refractivity contribution in [2.24, 2.45) is 4.99 Å². The van der Waals surface area contributed by atoms with Crippen LogP contribution < -0.4 is 24.8 Å². The highest BCUT2D eigenvalue weighted by Crippen LogP contribution is 2.29. The van der Waals surface area contributed by atoms with Crippen molar-refractivity contribution >= 4 is 29.9 Å². The molecule has 0 bridgehead atoms. The molecule has 0 unspecified atom stereocenters. The first-order valence-corrected chi connectivity index (χ1v) is 9.32. The second-order valence-corrected chi connectivity index (χ2v) is 6.08. The molecule has 0 saturated heterocycles. The average Bonchev–Trinajstić information content (AvgIpc) is 2.72. The van der Waals surface area contributed by atoms with Crippen LogP contribution in [0.25, 0.3) is 0 Å². The Morgan fingerprint density at radius 2 is 1.67 bits per heavy atom. The van der Waals surface area contributed by atoms with E-state index in [-0.39, 0.29) is 35.5 Å². The number of alkyl halides is 2. The molecule has 0 amide bonds. The molecule has 0 saturated carbocycles. The predicted molar refractivity (Wildman–Crippen MR) is 125 cm³/mol. The molecule has 0 radical (unpaired) electrons. The number of aliphatic imine (C=N–C) groups is 1. The summed E-state index contributed by atoms with van der Waals surface area (Å²) in [6.07, 6.45) is 0.823. The Bertz CT molecular complexity index is 790. The summed E-state index contributed by atoms with van der Waals surface area (Å²) in [6.45, 7) is 0.765.